The molecule has 0 fully saturated rings. The fourth-order valence-corrected chi connectivity index (χ4v) is 4.30. The van der Waals surface area contributed by atoms with E-state index in [-0.39, 0.29) is 11.8 Å². The van der Waals surface area contributed by atoms with Gasteiger partial charge in [-0.15, -0.1) is 23.1 Å². The Morgan fingerprint density at radius 1 is 1.04 bits per heavy atom. The van der Waals surface area contributed by atoms with Crippen LogP contribution < -0.4 is 10.2 Å². The first-order chi connectivity index (χ1) is 13.0. The maximum atomic E-state index is 12.7. The summed E-state index contributed by atoms with van der Waals surface area (Å²) in [7, 11) is 1.72. The number of thiophene rings is 1. The summed E-state index contributed by atoms with van der Waals surface area (Å²) in [4.78, 5) is 28.0. The fourth-order valence-electron chi connectivity index (χ4n) is 2.47. The largest absolute Gasteiger partial charge is 0.322 e. The molecule has 0 aliphatic heterocycles. The first-order valence-electron chi connectivity index (χ1n) is 8.44. The zero-order chi connectivity index (χ0) is 19.2. The number of nitrogens with one attached hydrogen (secondary N) is 1. The predicted molar refractivity (Wildman–Crippen MR) is 114 cm³/mol. The lowest BCUT2D eigenvalue weighted by Gasteiger charge is -2.15. The van der Waals surface area contributed by atoms with Crippen molar-refractivity contribution >= 4 is 46.3 Å². The van der Waals surface area contributed by atoms with Gasteiger partial charge in [-0.25, -0.2) is 0 Å². The van der Waals surface area contributed by atoms with E-state index in [9.17, 15) is 9.59 Å². The van der Waals surface area contributed by atoms with E-state index < -0.39 is 0 Å². The summed E-state index contributed by atoms with van der Waals surface area (Å²) < 4.78 is 0. The minimum absolute atomic E-state index is 0.0384. The quantitative estimate of drug-likeness (QED) is 0.577. The number of carbonyl (C=O) groups excluding carboxylic acids is 2. The van der Waals surface area contributed by atoms with Crippen molar-refractivity contribution in [3.05, 3.63) is 76.5 Å². The van der Waals surface area contributed by atoms with Gasteiger partial charge in [0.15, 0.2) is 0 Å². The Kier molecular flexibility index (Phi) is 6.32. The van der Waals surface area contributed by atoms with Crippen LogP contribution in [0.5, 0.6) is 0 Å². The maximum Gasteiger partial charge on any atom is 0.256 e. The first kappa shape index (κ1) is 19.2. The highest BCUT2D eigenvalue weighted by Gasteiger charge is 2.12. The number of benzene rings is 2. The van der Waals surface area contributed by atoms with E-state index in [1.807, 2.05) is 42.5 Å². The van der Waals surface area contributed by atoms with Crippen molar-refractivity contribution in [2.45, 2.75) is 17.6 Å². The molecule has 2 amide bonds. The third kappa shape index (κ3) is 4.99. The molecule has 27 heavy (non-hydrogen) atoms. The van der Waals surface area contributed by atoms with E-state index >= 15 is 0 Å². The van der Waals surface area contributed by atoms with Gasteiger partial charge < -0.3 is 10.2 Å². The Morgan fingerprint density at radius 2 is 1.78 bits per heavy atom. The van der Waals surface area contributed by atoms with E-state index in [0.717, 1.165) is 16.3 Å². The summed E-state index contributed by atoms with van der Waals surface area (Å²) in [5.41, 5.74) is 2.13. The highest BCUT2D eigenvalue weighted by atomic mass is 32.2. The van der Waals surface area contributed by atoms with Gasteiger partial charge in [0.2, 0.25) is 5.91 Å². The number of rotatable bonds is 6. The number of anilines is 2. The van der Waals surface area contributed by atoms with Crippen molar-refractivity contribution in [3.63, 3.8) is 0 Å². The van der Waals surface area contributed by atoms with Crippen LogP contribution in [-0.4, -0.2) is 18.9 Å². The smallest absolute Gasteiger partial charge is 0.256 e. The predicted octanol–water partition coefficient (Wildman–Crippen LogP) is 5.28. The Hall–Kier alpha value is -2.57. The average Bonchev–Trinajstić information content (AvgIpc) is 3.20. The molecule has 1 N–H and O–H groups in total. The number of hydrogen-bond acceptors (Lipinski definition) is 4. The summed E-state index contributed by atoms with van der Waals surface area (Å²) in [6.07, 6.45) is 0. The van der Waals surface area contributed by atoms with Gasteiger partial charge in [0.25, 0.3) is 5.91 Å². The molecule has 3 aromatic rings. The normalized spacial score (nSPS) is 10.4. The van der Waals surface area contributed by atoms with Crippen LogP contribution >= 0.6 is 23.1 Å². The lowest BCUT2D eigenvalue weighted by Crippen LogP contribution is -2.22. The van der Waals surface area contributed by atoms with E-state index in [4.69, 9.17) is 0 Å². The topological polar surface area (TPSA) is 49.4 Å². The van der Waals surface area contributed by atoms with Crippen LogP contribution in [0.2, 0.25) is 0 Å². The molecule has 0 radical (unpaired) electrons. The molecule has 0 atom stereocenters. The van der Waals surface area contributed by atoms with Crippen molar-refractivity contribution in [1.29, 1.82) is 0 Å². The monoisotopic (exact) mass is 396 g/mol. The molecule has 6 heteroatoms. The van der Waals surface area contributed by atoms with E-state index in [1.165, 1.54) is 11.8 Å². The molecule has 0 spiro atoms. The molecule has 0 saturated heterocycles. The van der Waals surface area contributed by atoms with Crippen molar-refractivity contribution in [2.75, 3.05) is 17.3 Å². The van der Waals surface area contributed by atoms with Crippen LogP contribution in [0, 0.1) is 0 Å². The van der Waals surface area contributed by atoms with E-state index in [0.29, 0.717) is 11.3 Å². The second-order valence-electron chi connectivity index (χ2n) is 5.94. The molecule has 0 aliphatic carbocycles. The summed E-state index contributed by atoms with van der Waals surface area (Å²) in [6, 6.07) is 19.0. The Labute approximate surface area is 167 Å². The fraction of sp³-hybridized carbons (Fsp3) is 0.143. The van der Waals surface area contributed by atoms with Gasteiger partial charge in [-0.2, -0.15) is 0 Å². The van der Waals surface area contributed by atoms with Gasteiger partial charge in [0, 0.05) is 40.9 Å². The highest BCUT2D eigenvalue weighted by Crippen LogP contribution is 2.28. The molecule has 1 heterocycles. The molecule has 138 valence electrons. The van der Waals surface area contributed by atoms with Crippen molar-refractivity contribution in [3.8, 4) is 0 Å². The molecule has 0 unspecified atom stereocenters. The lowest BCUT2D eigenvalue weighted by molar-refractivity contribution is -0.116. The van der Waals surface area contributed by atoms with Gasteiger partial charge in [0.1, 0.15) is 0 Å². The summed E-state index contributed by atoms with van der Waals surface area (Å²) in [6.45, 7) is 1.51. The van der Waals surface area contributed by atoms with Crippen LogP contribution in [0.1, 0.15) is 22.2 Å². The molecule has 0 saturated carbocycles. The Bertz CT molecular complexity index is 922. The number of nitrogens with zero attached hydrogens (tertiary/aromatic N) is 1. The van der Waals surface area contributed by atoms with Gasteiger partial charge in [-0.1, -0.05) is 18.2 Å². The van der Waals surface area contributed by atoms with Crippen LogP contribution in [0.25, 0.3) is 0 Å². The third-order valence-corrected chi connectivity index (χ3v) is 6.25. The van der Waals surface area contributed by atoms with Crippen LogP contribution in [0.15, 0.2) is 70.9 Å². The molecular formula is C21H20N2O2S2. The molecule has 0 bridgehead atoms. The molecule has 4 nitrogen and oxygen atoms in total. The van der Waals surface area contributed by atoms with Gasteiger partial charge in [0.05, 0.1) is 5.56 Å². The average molecular weight is 397 g/mol. The minimum atomic E-state index is -0.142. The molecule has 3 rings (SSSR count). The zero-order valence-corrected chi connectivity index (χ0v) is 16.8. The number of thioether (sulfide) groups is 1. The standard InChI is InChI=1S/C21H20N2O2S2/c1-15(24)23(2)17-11-9-16(10-12-17)22-21(25)19-7-3-4-8-20(19)27-14-18-6-5-13-26-18/h3-13H,14H2,1-2H3,(H,22,25). The number of amides is 2. The van der Waals surface area contributed by atoms with Gasteiger partial charge in [-0.3, -0.25) is 9.59 Å². The van der Waals surface area contributed by atoms with E-state index in [2.05, 4.69) is 16.8 Å². The summed E-state index contributed by atoms with van der Waals surface area (Å²) >= 11 is 3.37. The summed E-state index contributed by atoms with van der Waals surface area (Å²) in [5, 5.41) is 4.99. The van der Waals surface area contributed by atoms with Gasteiger partial charge in [-0.05, 0) is 47.8 Å². The SMILES string of the molecule is CC(=O)N(C)c1ccc(NC(=O)c2ccccc2SCc2cccs2)cc1. The highest BCUT2D eigenvalue weighted by molar-refractivity contribution is 7.98. The van der Waals surface area contributed by atoms with Crippen LogP contribution in [-0.2, 0) is 10.5 Å². The van der Waals surface area contributed by atoms with Crippen LogP contribution in [0.4, 0.5) is 11.4 Å². The Morgan fingerprint density at radius 3 is 2.44 bits per heavy atom. The maximum absolute atomic E-state index is 12.7. The first-order valence-corrected chi connectivity index (χ1v) is 10.3. The number of hydrogen-bond donors (Lipinski definition) is 1. The second-order valence-corrected chi connectivity index (χ2v) is 7.99. The van der Waals surface area contributed by atoms with Gasteiger partial charge >= 0.3 is 0 Å². The summed E-state index contributed by atoms with van der Waals surface area (Å²) in [5.74, 6) is 0.661. The second kappa shape index (κ2) is 8.88. The van der Waals surface area contributed by atoms with Crippen molar-refractivity contribution in [1.82, 2.24) is 0 Å². The lowest BCUT2D eigenvalue weighted by atomic mass is 10.2. The Balaban J connectivity index is 1.70. The molecule has 1 aromatic heterocycles. The van der Waals surface area contributed by atoms with Crippen molar-refractivity contribution in [2.24, 2.45) is 0 Å². The molecule has 0 aliphatic rings. The minimum Gasteiger partial charge on any atom is -0.322 e. The zero-order valence-electron chi connectivity index (χ0n) is 15.1. The third-order valence-electron chi connectivity index (χ3n) is 4.07. The molecule has 2 aromatic carbocycles. The van der Waals surface area contributed by atoms with Crippen molar-refractivity contribution < 1.29 is 9.59 Å². The van der Waals surface area contributed by atoms with E-state index in [1.54, 1.807) is 47.2 Å². The van der Waals surface area contributed by atoms with Crippen LogP contribution in [0.3, 0.4) is 0 Å². The molecular weight excluding hydrogens is 376 g/mol. The number of carbonyl (C=O) groups is 2.